The Balaban J connectivity index is 1.98. The van der Waals surface area contributed by atoms with E-state index >= 15 is 0 Å². The first-order valence-corrected chi connectivity index (χ1v) is 10.1. The first-order chi connectivity index (χ1) is 14.0. The highest BCUT2D eigenvalue weighted by molar-refractivity contribution is 8.15. The average Bonchev–Trinajstić information content (AvgIpc) is 2.99. The maximum Gasteiger partial charge on any atom is 0.338 e. The lowest BCUT2D eigenvalue weighted by Gasteiger charge is -2.30. The number of amides is 1. The minimum atomic E-state index is -0.604. The van der Waals surface area contributed by atoms with E-state index in [0.717, 1.165) is 5.56 Å². The fourth-order valence-electron chi connectivity index (χ4n) is 3.18. The van der Waals surface area contributed by atoms with E-state index in [2.05, 4.69) is 4.99 Å². The van der Waals surface area contributed by atoms with Crippen LogP contribution in [0.3, 0.4) is 0 Å². The molecule has 1 aromatic rings. The molecule has 0 unspecified atom stereocenters. The molecule has 0 saturated carbocycles. The molecule has 0 radical (unpaired) electrons. The van der Waals surface area contributed by atoms with Crippen molar-refractivity contribution in [1.82, 2.24) is 4.90 Å². The van der Waals surface area contributed by atoms with Crippen molar-refractivity contribution in [3.05, 3.63) is 47.2 Å². The van der Waals surface area contributed by atoms with Gasteiger partial charge < -0.3 is 14.2 Å². The van der Waals surface area contributed by atoms with Gasteiger partial charge in [-0.05, 0) is 19.9 Å². The molecule has 154 valence electrons. The van der Waals surface area contributed by atoms with Gasteiger partial charge in [-0.25, -0.2) is 9.79 Å². The molecule has 2 atom stereocenters. The number of hydrogen-bond donors (Lipinski definition) is 0. The quantitative estimate of drug-likeness (QED) is 0.502. The highest BCUT2D eigenvalue weighted by Gasteiger charge is 2.44. The number of nitrogens with zero attached hydrogens (tertiary/aromatic N) is 2. The summed E-state index contributed by atoms with van der Waals surface area (Å²) in [4.78, 5) is 31.6. The zero-order chi connectivity index (χ0) is 21.0. The molecule has 0 aliphatic carbocycles. The number of aliphatic imine (C=N–C) groups is 1. The smallest absolute Gasteiger partial charge is 0.338 e. The zero-order valence-corrected chi connectivity index (χ0v) is 17.7. The fraction of sp³-hybridized carbons (Fsp3) is 0.381. The third-order valence-corrected chi connectivity index (χ3v) is 5.69. The van der Waals surface area contributed by atoms with E-state index in [4.69, 9.17) is 14.2 Å². The molecule has 2 heterocycles. The molecule has 0 aromatic heterocycles. The van der Waals surface area contributed by atoms with Crippen LogP contribution in [0.1, 0.15) is 19.4 Å². The minimum Gasteiger partial charge on any atom is -0.496 e. The molecule has 1 amide bonds. The van der Waals surface area contributed by atoms with Crippen LogP contribution in [0.2, 0.25) is 0 Å². The molecular weight excluding hydrogens is 392 g/mol. The lowest BCUT2D eigenvalue weighted by atomic mass is 10.00. The summed E-state index contributed by atoms with van der Waals surface area (Å²) < 4.78 is 15.7. The Labute approximate surface area is 174 Å². The van der Waals surface area contributed by atoms with Gasteiger partial charge in [-0.2, -0.15) is 0 Å². The second kappa shape index (κ2) is 9.28. The van der Waals surface area contributed by atoms with Crippen molar-refractivity contribution in [1.29, 1.82) is 0 Å². The first kappa shape index (κ1) is 21.1. The number of allylic oxidation sites excluding steroid dienone is 1. The maximum absolute atomic E-state index is 12.8. The van der Waals surface area contributed by atoms with Gasteiger partial charge in [0, 0.05) is 12.7 Å². The standard InChI is InChI=1S/C21H24N2O5S/c1-13-18(20(25)28-12-11-26-3)16(23-19(24)14(2)29-21(23)22-13)10-9-15-7-5-6-8-17(15)27-4/h5-10,14,16H,11-12H2,1-4H3/b10-9+/t14-,16+/m1/s1. The maximum atomic E-state index is 12.8. The molecule has 8 heteroatoms. The van der Waals surface area contributed by atoms with E-state index in [-0.39, 0.29) is 17.8 Å². The van der Waals surface area contributed by atoms with Crippen LogP contribution in [0.25, 0.3) is 6.08 Å². The number of rotatable bonds is 7. The fourth-order valence-corrected chi connectivity index (χ4v) is 4.22. The molecule has 1 fully saturated rings. The lowest BCUT2D eigenvalue weighted by molar-refractivity contribution is -0.141. The monoisotopic (exact) mass is 416 g/mol. The van der Waals surface area contributed by atoms with Crippen LogP contribution in [-0.2, 0) is 19.1 Å². The Morgan fingerprint density at radius 1 is 1.28 bits per heavy atom. The summed E-state index contributed by atoms with van der Waals surface area (Å²) in [5.41, 5.74) is 1.73. The van der Waals surface area contributed by atoms with Gasteiger partial charge in [-0.15, -0.1) is 0 Å². The number of para-hydroxylation sites is 1. The van der Waals surface area contributed by atoms with E-state index in [9.17, 15) is 9.59 Å². The van der Waals surface area contributed by atoms with Crippen molar-refractivity contribution in [3.8, 4) is 5.75 Å². The normalized spacial score (nSPS) is 21.4. The Bertz CT molecular complexity index is 893. The summed E-state index contributed by atoms with van der Waals surface area (Å²) in [7, 11) is 3.14. The van der Waals surface area contributed by atoms with E-state index in [1.807, 2.05) is 43.3 Å². The SMILES string of the molecule is COCCOC(=O)C1=C(C)N=C2S[C@H](C)C(=O)N2[C@H]1/C=C/c1ccccc1OC. The van der Waals surface area contributed by atoms with Gasteiger partial charge in [-0.1, -0.05) is 42.1 Å². The molecule has 7 nitrogen and oxygen atoms in total. The van der Waals surface area contributed by atoms with E-state index < -0.39 is 12.0 Å². The first-order valence-electron chi connectivity index (χ1n) is 9.24. The number of fused-ring (bicyclic) bond motifs is 1. The predicted octanol–water partition coefficient (Wildman–Crippen LogP) is 2.87. The van der Waals surface area contributed by atoms with Crippen molar-refractivity contribution in [2.45, 2.75) is 25.1 Å². The van der Waals surface area contributed by atoms with Crippen LogP contribution < -0.4 is 4.74 Å². The zero-order valence-electron chi connectivity index (χ0n) is 16.9. The summed E-state index contributed by atoms with van der Waals surface area (Å²) in [6.07, 6.45) is 3.67. The molecule has 1 saturated heterocycles. The van der Waals surface area contributed by atoms with Crippen LogP contribution >= 0.6 is 11.8 Å². The molecule has 0 bridgehead atoms. The summed E-state index contributed by atoms with van der Waals surface area (Å²) in [5.74, 6) is 0.112. The predicted molar refractivity (Wildman–Crippen MR) is 113 cm³/mol. The van der Waals surface area contributed by atoms with Crippen molar-refractivity contribution in [3.63, 3.8) is 0 Å². The number of benzene rings is 1. The Morgan fingerprint density at radius 2 is 2.03 bits per heavy atom. The van der Waals surface area contributed by atoms with Gasteiger partial charge in [0.1, 0.15) is 12.4 Å². The van der Waals surface area contributed by atoms with Crippen LogP contribution in [0.4, 0.5) is 0 Å². The van der Waals surface area contributed by atoms with Gasteiger partial charge >= 0.3 is 5.97 Å². The molecule has 1 aromatic carbocycles. The third-order valence-electron chi connectivity index (χ3n) is 4.64. The summed E-state index contributed by atoms with van der Waals surface area (Å²) in [6.45, 7) is 4.02. The van der Waals surface area contributed by atoms with E-state index in [1.54, 1.807) is 18.9 Å². The van der Waals surface area contributed by atoms with Crippen molar-refractivity contribution in [2.24, 2.45) is 4.99 Å². The topological polar surface area (TPSA) is 77.4 Å². The molecule has 3 rings (SSSR count). The van der Waals surface area contributed by atoms with E-state index in [1.165, 1.54) is 18.9 Å². The van der Waals surface area contributed by atoms with E-state index in [0.29, 0.717) is 28.8 Å². The highest BCUT2D eigenvalue weighted by atomic mass is 32.2. The number of carbonyl (C=O) groups is 2. The molecular formula is C21H24N2O5S. The molecule has 2 aliphatic heterocycles. The van der Waals surface area contributed by atoms with Gasteiger partial charge in [0.05, 0.1) is 36.3 Å². The molecule has 0 N–H and O–H groups in total. The summed E-state index contributed by atoms with van der Waals surface area (Å²) >= 11 is 1.39. The number of thioether (sulfide) groups is 1. The number of ether oxygens (including phenoxy) is 3. The van der Waals surface area contributed by atoms with Crippen molar-refractivity contribution in [2.75, 3.05) is 27.4 Å². The summed E-state index contributed by atoms with van der Waals surface area (Å²) in [5, 5.41) is 0.343. The number of carbonyl (C=O) groups excluding carboxylic acids is 2. The second-order valence-corrected chi connectivity index (χ2v) is 7.84. The Hall–Kier alpha value is -2.58. The van der Waals surface area contributed by atoms with Crippen LogP contribution in [0, 0.1) is 0 Å². The molecule has 0 spiro atoms. The van der Waals surface area contributed by atoms with Crippen molar-refractivity contribution >= 4 is 34.9 Å². The van der Waals surface area contributed by atoms with Gasteiger partial charge in [0.15, 0.2) is 5.17 Å². The van der Waals surface area contributed by atoms with Crippen molar-refractivity contribution < 1.29 is 23.8 Å². The minimum absolute atomic E-state index is 0.0851. The Kier molecular flexibility index (Phi) is 6.76. The highest BCUT2D eigenvalue weighted by Crippen LogP contribution is 2.37. The Morgan fingerprint density at radius 3 is 2.76 bits per heavy atom. The number of esters is 1. The van der Waals surface area contributed by atoms with Gasteiger partial charge in [0.2, 0.25) is 5.91 Å². The molecule has 29 heavy (non-hydrogen) atoms. The van der Waals surface area contributed by atoms with Gasteiger partial charge in [0.25, 0.3) is 0 Å². The number of amidine groups is 1. The third kappa shape index (κ3) is 4.38. The number of methoxy groups -OCH3 is 2. The average molecular weight is 416 g/mol. The molecule has 2 aliphatic rings. The lowest BCUT2D eigenvalue weighted by Crippen LogP contribution is -2.45. The van der Waals surface area contributed by atoms with Crippen LogP contribution in [0.15, 0.2) is 46.6 Å². The number of hydrogen-bond acceptors (Lipinski definition) is 7. The van der Waals surface area contributed by atoms with Gasteiger partial charge in [-0.3, -0.25) is 9.69 Å². The summed E-state index contributed by atoms with van der Waals surface area (Å²) in [6, 6.07) is 6.94. The van der Waals surface area contributed by atoms with Crippen LogP contribution in [-0.4, -0.2) is 60.7 Å². The largest absolute Gasteiger partial charge is 0.496 e. The van der Waals surface area contributed by atoms with Crippen LogP contribution in [0.5, 0.6) is 5.75 Å². The second-order valence-electron chi connectivity index (χ2n) is 6.54.